The number of piperidine rings is 2. The molecule has 0 aliphatic carbocycles. The lowest BCUT2D eigenvalue weighted by Crippen LogP contribution is -3.41. The van der Waals surface area contributed by atoms with Crippen LogP contribution in [0, 0.1) is 20.9 Å². The zero-order valence-corrected chi connectivity index (χ0v) is 15.8. The molecule has 1 aromatic carbocycles. The Morgan fingerprint density at radius 2 is 1.50 bits per heavy atom. The number of non-ortho nitro benzene ring substituents is 1. The number of quaternary nitrogens is 2. The van der Waals surface area contributed by atoms with Crippen LogP contribution in [-0.2, 0) is 0 Å². The van der Waals surface area contributed by atoms with Crippen molar-refractivity contribution in [1.82, 2.24) is 0 Å². The molecule has 0 atom stereocenters. The molecule has 5 rings (SSSR count). The highest BCUT2D eigenvalue weighted by Gasteiger charge is 2.70. The first kappa shape index (κ1) is 17.9. The number of nitro benzene ring substituents is 1. The van der Waals surface area contributed by atoms with Crippen molar-refractivity contribution in [3.05, 3.63) is 39.9 Å². The van der Waals surface area contributed by atoms with Crippen LogP contribution in [0.5, 0.6) is 0 Å². The lowest BCUT2D eigenvalue weighted by molar-refractivity contribution is -1.19. The summed E-state index contributed by atoms with van der Waals surface area (Å²) in [5.41, 5.74) is 1.45. The maximum absolute atomic E-state index is 11.3. The fourth-order valence-electron chi connectivity index (χ4n) is 6.67. The second-order valence-corrected chi connectivity index (χ2v) is 8.93. The summed E-state index contributed by atoms with van der Waals surface area (Å²) in [5, 5.41) is 22.3. The first-order valence-electron chi connectivity index (χ1n) is 10.1. The zero-order chi connectivity index (χ0) is 18.5. The van der Waals surface area contributed by atoms with Gasteiger partial charge in [-0.1, -0.05) is 26.7 Å². The van der Waals surface area contributed by atoms with Crippen molar-refractivity contribution in [2.45, 2.75) is 51.8 Å². The second-order valence-electron chi connectivity index (χ2n) is 8.93. The van der Waals surface area contributed by atoms with Crippen LogP contribution < -0.4 is 9.80 Å². The highest BCUT2D eigenvalue weighted by molar-refractivity contribution is 5.33. The van der Waals surface area contributed by atoms with Crippen LogP contribution >= 0.6 is 0 Å². The predicted molar refractivity (Wildman–Crippen MR) is 97.9 cm³/mol. The topological polar surface area (TPSA) is 72.2 Å². The molecule has 26 heavy (non-hydrogen) atoms. The first-order chi connectivity index (χ1) is 12.4. The standard InChI is InChI=1S/C20H29N3O3/c1-3-9-19-11-21-13-20(10-4-2,18(19)24)14-22(12-19)17(21)15-5-7-16(8-6-15)23(25)26/h5-8,17-18,24H,3-4,9-14H2,1-2H3/p+2. The number of benzene rings is 1. The Bertz CT molecular complexity index is 648. The molecule has 0 unspecified atom stereocenters. The van der Waals surface area contributed by atoms with Gasteiger partial charge in [0.15, 0.2) is 0 Å². The van der Waals surface area contributed by atoms with E-state index in [9.17, 15) is 15.2 Å². The summed E-state index contributed by atoms with van der Waals surface area (Å²) in [7, 11) is 0. The summed E-state index contributed by atoms with van der Waals surface area (Å²) in [4.78, 5) is 13.8. The summed E-state index contributed by atoms with van der Waals surface area (Å²) >= 11 is 0. The van der Waals surface area contributed by atoms with Crippen molar-refractivity contribution in [3.63, 3.8) is 0 Å². The maximum Gasteiger partial charge on any atom is 0.269 e. The van der Waals surface area contributed by atoms with E-state index in [1.54, 1.807) is 21.9 Å². The summed E-state index contributed by atoms with van der Waals surface area (Å²) in [6.07, 6.45) is 4.59. The molecule has 4 heterocycles. The average Bonchev–Trinajstić information content (AvgIpc) is 2.59. The van der Waals surface area contributed by atoms with Gasteiger partial charge in [-0.15, -0.1) is 0 Å². The van der Waals surface area contributed by atoms with Gasteiger partial charge < -0.3 is 5.11 Å². The van der Waals surface area contributed by atoms with Crippen LogP contribution in [0.25, 0.3) is 0 Å². The van der Waals surface area contributed by atoms with Gasteiger partial charge in [-0.3, -0.25) is 19.9 Å². The van der Waals surface area contributed by atoms with Crippen molar-refractivity contribution in [3.8, 4) is 0 Å². The number of nitrogens with zero attached hydrogens (tertiary/aromatic N) is 1. The normalized spacial score (nSPS) is 40.7. The Hall–Kier alpha value is -1.50. The van der Waals surface area contributed by atoms with Crippen LogP contribution in [0.3, 0.4) is 0 Å². The molecule has 3 N–H and O–H groups in total. The average molecular weight is 361 g/mol. The molecule has 142 valence electrons. The SMILES string of the molecule is CCCC12C[NH+]3CC(CCC)(C[NH+](C1)C3c1ccc([N+](=O)[O-])cc1)C2O. The van der Waals surface area contributed by atoms with E-state index < -0.39 is 0 Å². The predicted octanol–water partition coefficient (Wildman–Crippen LogP) is 0.338. The van der Waals surface area contributed by atoms with Crippen LogP contribution in [0.2, 0.25) is 0 Å². The largest absolute Gasteiger partial charge is 0.391 e. The van der Waals surface area contributed by atoms with Crippen LogP contribution in [-0.4, -0.2) is 42.3 Å². The fraction of sp³-hybridized carbons (Fsp3) is 0.700. The molecule has 4 bridgehead atoms. The van der Waals surface area contributed by atoms with Crippen LogP contribution in [0.4, 0.5) is 5.69 Å². The molecule has 4 aliphatic heterocycles. The van der Waals surface area contributed by atoms with Gasteiger partial charge in [0.1, 0.15) is 0 Å². The molecule has 4 fully saturated rings. The molecule has 0 amide bonds. The van der Waals surface area contributed by atoms with Crippen molar-refractivity contribution < 1.29 is 19.8 Å². The van der Waals surface area contributed by atoms with Crippen molar-refractivity contribution in [2.24, 2.45) is 10.8 Å². The van der Waals surface area contributed by atoms with E-state index in [0.29, 0.717) is 6.17 Å². The number of aliphatic hydroxyl groups is 1. The van der Waals surface area contributed by atoms with Crippen molar-refractivity contribution >= 4 is 5.69 Å². The molecule has 0 saturated carbocycles. The lowest BCUT2D eigenvalue weighted by atomic mass is 9.56. The lowest BCUT2D eigenvalue weighted by Gasteiger charge is -2.64. The smallest absolute Gasteiger partial charge is 0.269 e. The Labute approximate surface area is 154 Å². The molecule has 0 radical (unpaired) electrons. The van der Waals surface area contributed by atoms with E-state index in [2.05, 4.69) is 13.8 Å². The summed E-state index contributed by atoms with van der Waals surface area (Å²) in [6.45, 7) is 8.55. The quantitative estimate of drug-likeness (QED) is 0.505. The third kappa shape index (κ3) is 2.50. The Morgan fingerprint density at radius 3 is 1.88 bits per heavy atom. The summed E-state index contributed by atoms with van der Waals surface area (Å²) in [6, 6.07) is 7.17. The number of nitrogens with one attached hydrogen (secondary N) is 2. The molecule has 4 aliphatic rings. The highest BCUT2D eigenvalue weighted by atomic mass is 16.6. The van der Waals surface area contributed by atoms with Gasteiger partial charge in [-0.2, -0.15) is 0 Å². The van der Waals surface area contributed by atoms with E-state index in [0.717, 1.165) is 51.9 Å². The van der Waals surface area contributed by atoms with Crippen molar-refractivity contribution in [1.29, 1.82) is 0 Å². The molecule has 0 aromatic heterocycles. The molecule has 0 spiro atoms. The highest BCUT2D eigenvalue weighted by Crippen LogP contribution is 2.45. The molecular formula is C20H31N3O3+2. The van der Waals surface area contributed by atoms with E-state index in [1.165, 1.54) is 5.56 Å². The first-order valence-corrected chi connectivity index (χ1v) is 10.1. The summed E-state index contributed by atoms with van der Waals surface area (Å²) in [5.74, 6) is 0. The third-order valence-electron chi connectivity index (χ3n) is 7.23. The van der Waals surface area contributed by atoms with Gasteiger partial charge in [0, 0.05) is 12.1 Å². The zero-order valence-electron chi connectivity index (χ0n) is 15.8. The molecule has 4 saturated heterocycles. The number of rotatable bonds is 6. The van der Waals surface area contributed by atoms with Crippen LogP contribution in [0.15, 0.2) is 24.3 Å². The van der Waals surface area contributed by atoms with Gasteiger partial charge in [0.25, 0.3) is 5.69 Å². The molecule has 6 nitrogen and oxygen atoms in total. The van der Waals surface area contributed by atoms with Crippen LogP contribution in [0.1, 0.15) is 51.3 Å². The number of hydrogen-bond acceptors (Lipinski definition) is 3. The number of hydrogen-bond donors (Lipinski definition) is 3. The molecule has 6 heteroatoms. The van der Waals surface area contributed by atoms with Gasteiger partial charge >= 0.3 is 0 Å². The minimum Gasteiger partial charge on any atom is -0.391 e. The Kier molecular flexibility index (Phi) is 4.33. The van der Waals surface area contributed by atoms with E-state index in [1.807, 2.05) is 12.1 Å². The minimum atomic E-state index is -0.330. The van der Waals surface area contributed by atoms with Crippen molar-refractivity contribution in [2.75, 3.05) is 26.2 Å². The van der Waals surface area contributed by atoms with Gasteiger partial charge in [-0.25, -0.2) is 0 Å². The van der Waals surface area contributed by atoms with Gasteiger partial charge in [0.05, 0.1) is 53.6 Å². The Balaban J connectivity index is 1.67. The van der Waals surface area contributed by atoms with E-state index in [-0.39, 0.29) is 27.5 Å². The Morgan fingerprint density at radius 1 is 1.04 bits per heavy atom. The number of nitro groups is 1. The van der Waals surface area contributed by atoms with Gasteiger partial charge in [-0.05, 0) is 25.0 Å². The third-order valence-corrected chi connectivity index (χ3v) is 7.23. The fourth-order valence-corrected chi connectivity index (χ4v) is 6.67. The number of aliphatic hydroxyl groups excluding tert-OH is 1. The van der Waals surface area contributed by atoms with Gasteiger partial charge in [0.2, 0.25) is 6.17 Å². The van der Waals surface area contributed by atoms with E-state index in [4.69, 9.17) is 0 Å². The second kappa shape index (κ2) is 6.29. The minimum absolute atomic E-state index is 0.0440. The summed E-state index contributed by atoms with van der Waals surface area (Å²) < 4.78 is 0. The van der Waals surface area contributed by atoms with E-state index >= 15 is 0 Å². The molecule has 1 aromatic rings. The monoisotopic (exact) mass is 361 g/mol. The maximum atomic E-state index is 11.3. The molecular weight excluding hydrogens is 330 g/mol.